The Morgan fingerprint density at radius 3 is 2.38 bits per heavy atom. The van der Waals surface area contributed by atoms with E-state index in [2.05, 4.69) is 17.0 Å². The molecule has 0 spiro atoms. The lowest BCUT2D eigenvalue weighted by molar-refractivity contribution is 0.261. The highest BCUT2D eigenvalue weighted by molar-refractivity contribution is 5.27. The van der Waals surface area contributed by atoms with E-state index in [-0.39, 0.29) is 6.04 Å². The first kappa shape index (κ1) is 13.0. The molecule has 0 radical (unpaired) electrons. The molecular weight excluding hydrogens is 200 g/mol. The highest BCUT2D eigenvalue weighted by Gasteiger charge is 1.99. The van der Waals surface area contributed by atoms with Crippen molar-refractivity contribution in [2.75, 3.05) is 27.2 Å². The molecule has 1 aromatic carbocycles. The van der Waals surface area contributed by atoms with E-state index < -0.39 is 0 Å². The molecule has 16 heavy (non-hydrogen) atoms. The molecule has 0 bridgehead atoms. The van der Waals surface area contributed by atoms with Gasteiger partial charge in [-0.3, -0.25) is 0 Å². The zero-order chi connectivity index (χ0) is 12.0. The number of nitrogens with zero attached hydrogens (tertiary/aromatic N) is 1. The Morgan fingerprint density at radius 2 is 1.88 bits per heavy atom. The molecule has 90 valence electrons. The molecule has 0 aliphatic carbocycles. The third kappa shape index (κ3) is 5.14. The van der Waals surface area contributed by atoms with E-state index in [1.807, 2.05) is 33.2 Å². The van der Waals surface area contributed by atoms with Gasteiger partial charge in [-0.1, -0.05) is 12.1 Å². The van der Waals surface area contributed by atoms with Crippen LogP contribution in [0, 0.1) is 0 Å². The van der Waals surface area contributed by atoms with Gasteiger partial charge < -0.3 is 15.4 Å². The van der Waals surface area contributed by atoms with Crippen molar-refractivity contribution in [3.05, 3.63) is 29.8 Å². The molecule has 0 unspecified atom stereocenters. The Bertz CT molecular complexity index is 293. The molecule has 3 nitrogen and oxygen atoms in total. The van der Waals surface area contributed by atoms with Crippen molar-refractivity contribution in [1.82, 2.24) is 4.90 Å². The molecule has 0 amide bonds. The maximum absolute atomic E-state index is 5.74. The summed E-state index contributed by atoms with van der Waals surface area (Å²) >= 11 is 0. The Kier molecular flexibility index (Phi) is 5.29. The first-order valence-corrected chi connectivity index (χ1v) is 5.70. The molecule has 1 aromatic rings. The summed E-state index contributed by atoms with van der Waals surface area (Å²) in [5.74, 6) is 0.926. The van der Waals surface area contributed by atoms with Crippen LogP contribution in [0.4, 0.5) is 0 Å². The molecule has 1 atom stereocenters. The molecule has 0 aliphatic rings. The van der Waals surface area contributed by atoms with Gasteiger partial charge in [0.1, 0.15) is 12.4 Å². The minimum atomic E-state index is 0.209. The Balaban J connectivity index is 2.39. The van der Waals surface area contributed by atoms with Crippen molar-refractivity contribution >= 4 is 0 Å². The second-order valence-corrected chi connectivity index (χ2v) is 4.48. The third-order valence-electron chi connectivity index (χ3n) is 2.29. The molecule has 1 rings (SSSR count). The second kappa shape index (κ2) is 6.51. The van der Waals surface area contributed by atoms with Crippen LogP contribution in [0.2, 0.25) is 0 Å². The largest absolute Gasteiger partial charge is 0.492 e. The lowest BCUT2D eigenvalue weighted by atomic mass is 10.1. The van der Waals surface area contributed by atoms with Crippen molar-refractivity contribution < 1.29 is 4.74 Å². The lowest BCUT2D eigenvalue weighted by Gasteiger charge is -2.11. The van der Waals surface area contributed by atoms with Crippen LogP contribution in [-0.4, -0.2) is 38.2 Å². The quantitative estimate of drug-likeness (QED) is 0.793. The van der Waals surface area contributed by atoms with E-state index in [9.17, 15) is 0 Å². The molecule has 0 fully saturated rings. The predicted molar refractivity (Wildman–Crippen MR) is 67.8 cm³/mol. The van der Waals surface area contributed by atoms with Crippen molar-refractivity contribution in [3.8, 4) is 5.75 Å². The minimum absolute atomic E-state index is 0.209. The summed E-state index contributed by atoms with van der Waals surface area (Å²) in [5.41, 5.74) is 7.00. The summed E-state index contributed by atoms with van der Waals surface area (Å²) in [5, 5.41) is 0. The van der Waals surface area contributed by atoms with Crippen LogP contribution in [0.1, 0.15) is 12.5 Å². The average molecular weight is 222 g/mol. The molecule has 2 N–H and O–H groups in total. The lowest BCUT2D eigenvalue weighted by Crippen LogP contribution is -2.19. The number of ether oxygens (including phenoxy) is 1. The van der Waals surface area contributed by atoms with E-state index >= 15 is 0 Å². The summed E-state index contributed by atoms with van der Waals surface area (Å²) in [6.45, 7) is 3.67. The maximum atomic E-state index is 5.74. The van der Waals surface area contributed by atoms with Gasteiger partial charge in [-0.25, -0.2) is 0 Å². The topological polar surface area (TPSA) is 38.5 Å². The zero-order valence-corrected chi connectivity index (χ0v) is 10.4. The third-order valence-corrected chi connectivity index (χ3v) is 2.29. The van der Waals surface area contributed by atoms with Crippen molar-refractivity contribution in [2.45, 2.75) is 19.4 Å². The fourth-order valence-electron chi connectivity index (χ4n) is 1.44. The van der Waals surface area contributed by atoms with Gasteiger partial charge in [0.2, 0.25) is 0 Å². The van der Waals surface area contributed by atoms with Crippen LogP contribution >= 0.6 is 0 Å². The van der Waals surface area contributed by atoms with Gasteiger partial charge in [-0.05, 0) is 45.1 Å². The first-order chi connectivity index (χ1) is 7.58. The van der Waals surface area contributed by atoms with Crippen molar-refractivity contribution in [1.29, 1.82) is 0 Å². The molecule has 0 saturated heterocycles. The van der Waals surface area contributed by atoms with Crippen LogP contribution in [0.15, 0.2) is 24.3 Å². The fraction of sp³-hybridized carbons (Fsp3) is 0.538. The Hall–Kier alpha value is -1.06. The summed E-state index contributed by atoms with van der Waals surface area (Å²) in [6.07, 6.45) is 0.915. The normalized spacial score (nSPS) is 12.8. The monoisotopic (exact) mass is 222 g/mol. The average Bonchev–Trinajstić information content (AvgIpc) is 2.19. The summed E-state index contributed by atoms with van der Waals surface area (Å²) in [4.78, 5) is 2.10. The molecule has 0 aliphatic heterocycles. The van der Waals surface area contributed by atoms with Gasteiger partial charge in [0.25, 0.3) is 0 Å². The highest BCUT2D eigenvalue weighted by Crippen LogP contribution is 2.13. The Morgan fingerprint density at radius 1 is 1.25 bits per heavy atom. The van der Waals surface area contributed by atoms with Gasteiger partial charge in [0.05, 0.1) is 0 Å². The van der Waals surface area contributed by atoms with E-state index in [0.717, 1.165) is 25.3 Å². The standard InChI is InChI=1S/C13H22N2O/c1-11(14)10-12-4-6-13(7-5-12)16-9-8-15(2)3/h4-7,11H,8-10,14H2,1-3H3/t11-/m0/s1. The number of hydrogen-bond donors (Lipinski definition) is 1. The van der Waals surface area contributed by atoms with Gasteiger partial charge in [0, 0.05) is 12.6 Å². The molecule has 0 aromatic heterocycles. The van der Waals surface area contributed by atoms with Gasteiger partial charge in [0.15, 0.2) is 0 Å². The molecule has 3 heteroatoms. The zero-order valence-electron chi connectivity index (χ0n) is 10.4. The van der Waals surface area contributed by atoms with Gasteiger partial charge in [-0.2, -0.15) is 0 Å². The first-order valence-electron chi connectivity index (χ1n) is 5.70. The van der Waals surface area contributed by atoms with Crippen LogP contribution in [0.25, 0.3) is 0 Å². The molecule has 0 saturated carbocycles. The summed E-state index contributed by atoms with van der Waals surface area (Å²) in [7, 11) is 4.07. The fourth-order valence-corrected chi connectivity index (χ4v) is 1.44. The van der Waals surface area contributed by atoms with Gasteiger partial charge in [-0.15, -0.1) is 0 Å². The van der Waals surface area contributed by atoms with Crippen LogP contribution < -0.4 is 10.5 Å². The van der Waals surface area contributed by atoms with Crippen LogP contribution in [0.3, 0.4) is 0 Å². The van der Waals surface area contributed by atoms with Gasteiger partial charge >= 0.3 is 0 Å². The van der Waals surface area contributed by atoms with E-state index in [0.29, 0.717) is 0 Å². The summed E-state index contributed by atoms with van der Waals surface area (Å²) in [6, 6.07) is 8.38. The smallest absolute Gasteiger partial charge is 0.119 e. The molecular formula is C13H22N2O. The van der Waals surface area contributed by atoms with E-state index in [1.165, 1.54) is 5.56 Å². The Labute approximate surface area is 98.2 Å². The minimum Gasteiger partial charge on any atom is -0.492 e. The highest BCUT2D eigenvalue weighted by atomic mass is 16.5. The number of hydrogen-bond acceptors (Lipinski definition) is 3. The van der Waals surface area contributed by atoms with E-state index in [4.69, 9.17) is 10.5 Å². The number of rotatable bonds is 6. The van der Waals surface area contributed by atoms with Crippen LogP contribution in [-0.2, 0) is 6.42 Å². The van der Waals surface area contributed by atoms with Crippen molar-refractivity contribution in [2.24, 2.45) is 5.73 Å². The second-order valence-electron chi connectivity index (χ2n) is 4.48. The van der Waals surface area contributed by atoms with Crippen molar-refractivity contribution in [3.63, 3.8) is 0 Å². The number of benzene rings is 1. The van der Waals surface area contributed by atoms with E-state index in [1.54, 1.807) is 0 Å². The van der Waals surface area contributed by atoms with Crippen LogP contribution in [0.5, 0.6) is 5.75 Å². The maximum Gasteiger partial charge on any atom is 0.119 e. The SMILES string of the molecule is C[C@H](N)Cc1ccc(OCCN(C)C)cc1. The predicted octanol–water partition coefficient (Wildman–Crippen LogP) is 1.52. The number of likely N-dealkylation sites (N-methyl/N-ethyl adjacent to an activating group) is 1. The number of nitrogens with two attached hydrogens (primary N) is 1. The summed E-state index contributed by atoms with van der Waals surface area (Å²) < 4.78 is 5.60. The molecule has 0 heterocycles.